The molecule has 0 saturated heterocycles. The SMILES string of the molecule is Cc1onc(-c2ccccc2Cl)c1C(=O)Nc1nnc(SCC(=O)Nc2nc3ccc(S(C)(=O)=O)cc3s2)s1. The number of rotatable bonds is 8. The summed E-state index contributed by atoms with van der Waals surface area (Å²) in [6, 6.07) is 11.6. The van der Waals surface area contributed by atoms with E-state index in [1.165, 1.54) is 23.5 Å². The minimum Gasteiger partial charge on any atom is -0.360 e. The maximum atomic E-state index is 13.0. The number of nitrogens with one attached hydrogen (secondary N) is 2. The summed E-state index contributed by atoms with van der Waals surface area (Å²) < 4.78 is 29.9. The molecule has 0 aliphatic rings. The molecule has 0 radical (unpaired) electrons. The van der Waals surface area contributed by atoms with Gasteiger partial charge in [-0.25, -0.2) is 13.4 Å². The monoisotopic (exact) mass is 620 g/mol. The third-order valence-corrected chi connectivity index (χ3v) is 9.55. The smallest absolute Gasteiger partial charge is 0.263 e. The largest absolute Gasteiger partial charge is 0.360 e. The van der Waals surface area contributed by atoms with Crippen molar-refractivity contribution in [2.45, 2.75) is 16.2 Å². The van der Waals surface area contributed by atoms with Gasteiger partial charge in [-0.2, -0.15) is 0 Å². The van der Waals surface area contributed by atoms with Gasteiger partial charge in [0.2, 0.25) is 11.0 Å². The summed E-state index contributed by atoms with van der Waals surface area (Å²) in [5.41, 5.74) is 1.69. The highest BCUT2D eigenvalue weighted by Crippen LogP contribution is 2.33. The van der Waals surface area contributed by atoms with Gasteiger partial charge in [-0.1, -0.05) is 69.4 Å². The molecule has 0 spiro atoms. The minimum absolute atomic E-state index is 0.0223. The molecule has 0 bridgehead atoms. The van der Waals surface area contributed by atoms with Crippen LogP contribution in [0.25, 0.3) is 21.5 Å². The van der Waals surface area contributed by atoms with Crippen LogP contribution >= 0.6 is 46.0 Å². The molecule has 0 aliphatic carbocycles. The number of aryl methyl sites for hydroxylation is 1. The van der Waals surface area contributed by atoms with E-state index in [0.29, 0.717) is 41.7 Å². The number of carbonyl (C=O) groups excluding carboxylic acids is 2. The molecule has 5 rings (SSSR count). The number of amides is 2. The summed E-state index contributed by atoms with van der Waals surface area (Å²) in [5.74, 6) is -0.466. The predicted octanol–water partition coefficient (Wildman–Crippen LogP) is 5.15. The summed E-state index contributed by atoms with van der Waals surface area (Å²) in [6.45, 7) is 1.62. The van der Waals surface area contributed by atoms with Crippen molar-refractivity contribution in [3.8, 4) is 11.3 Å². The normalized spacial score (nSPS) is 11.6. The van der Waals surface area contributed by atoms with Gasteiger partial charge in [0.15, 0.2) is 19.3 Å². The lowest BCUT2D eigenvalue weighted by Crippen LogP contribution is -2.13. The van der Waals surface area contributed by atoms with Crippen molar-refractivity contribution in [3.63, 3.8) is 0 Å². The summed E-state index contributed by atoms with van der Waals surface area (Å²) in [6.07, 6.45) is 1.13. The van der Waals surface area contributed by atoms with Gasteiger partial charge >= 0.3 is 0 Å². The Hall–Kier alpha value is -3.37. The van der Waals surface area contributed by atoms with Gasteiger partial charge in [-0.3, -0.25) is 14.9 Å². The second-order valence-electron chi connectivity index (χ2n) is 8.03. The quantitative estimate of drug-likeness (QED) is 0.175. The molecule has 3 aromatic heterocycles. The highest BCUT2D eigenvalue weighted by molar-refractivity contribution is 8.01. The number of anilines is 2. The fourth-order valence-corrected chi connectivity index (χ4v) is 6.84. The van der Waals surface area contributed by atoms with Crippen LogP contribution in [-0.4, -0.2) is 52.6 Å². The fraction of sp³-hybridized carbons (Fsp3) is 0.130. The Morgan fingerprint density at radius 3 is 2.64 bits per heavy atom. The molecule has 11 nitrogen and oxygen atoms in total. The molecule has 39 heavy (non-hydrogen) atoms. The molecule has 3 heterocycles. The molecule has 0 unspecified atom stereocenters. The molecule has 0 saturated carbocycles. The average molecular weight is 621 g/mol. The lowest BCUT2D eigenvalue weighted by atomic mass is 10.1. The second kappa shape index (κ2) is 11.0. The number of hydrogen-bond acceptors (Lipinski definition) is 12. The van der Waals surface area contributed by atoms with Crippen LogP contribution in [0.2, 0.25) is 5.02 Å². The summed E-state index contributed by atoms with van der Waals surface area (Å²) >= 11 is 9.70. The van der Waals surface area contributed by atoms with Crippen molar-refractivity contribution in [2.75, 3.05) is 22.6 Å². The van der Waals surface area contributed by atoms with E-state index in [9.17, 15) is 18.0 Å². The van der Waals surface area contributed by atoms with Crippen molar-refractivity contribution in [1.29, 1.82) is 0 Å². The van der Waals surface area contributed by atoms with Gasteiger partial charge in [-0.15, -0.1) is 10.2 Å². The van der Waals surface area contributed by atoms with E-state index in [2.05, 4.69) is 31.0 Å². The van der Waals surface area contributed by atoms with Gasteiger partial charge in [0.1, 0.15) is 17.0 Å². The first kappa shape index (κ1) is 27.2. The van der Waals surface area contributed by atoms with E-state index in [1.807, 2.05) is 0 Å². The second-order valence-corrected chi connectivity index (χ2v) is 13.7. The maximum Gasteiger partial charge on any atom is 0.263 e. The number of aromatic nitrogens is 4. The van der Waals surface area contributed by atoms with Gasteiger partial charge < -0.3 is 9.84 Å². The van der Waals surface area contributed by atoms with Crippen molar-refractivity contribution >= 4 is 88.2 Å². The number of sulfone groups is 1. The van der Waals surface area contributed by atoms with Crippen molar-refractivity contribution in [3.05, 3.63) is 58.8 Å². The lowest BCUT2D eigenvalue weighted by Gasteiger charge is -2.04. The zero-order valence-corrected chi connectivity index (χ0v) is 24.1. The standard InChI is InChI=1S/C23H17ClN6O5S4/c1-11-18(19(30-35-11)13-5-3-4-6-14(13)24)20(32)27-22-28-29-23(38-22)36-10-17(31)26-21-25-15-8-7-12(39(2,33)34)9-16(15)37-21/h3-9H,10H2,1-2H3,(H,25,26,31)(H,27,28,32). The van der Waals surface area contributed by atoms with Crippen LogP contribution < -0.4 is 10.6 Å². The molecule has 16 heteroatoms. The van der Waals surface area contributed by atoms with E-state index in [0.717, 1.165) is 29.4 Å². The maximum absolute atomic E-state index is 13.0. The summed E-state index contributed by atoms with van der Waals surface area (Å²) in [5, 5.41) is 18.4. The Balaban J connectivity index is 1.20. The first-order valence-electron chi connectivity index (χ1n) is 11.0. The Kier molecular flexibility index (Phi) is 7.68. The van der Waals surface area contributed by atoms with Crippen LogP contribution in [0, 0.1) is 6.92 Å². The average Bonchev–Trinajstić information content (AvgIpc) is 3.60. The number of thiazole rings is 1. The van der Waals surface area contributed by atoms with Gasteiger partial charge in [0, 0.05) is 11.8 Å². The lowest BCUT2D eigenvalue weighted by molar-refractivity contribution is -0.113. The predicted molar refractivity (Wildman–Crippen MR) is 152 cm³/mol. The van der Waals surface area contributed by atoms with E-state index < -0.39 is 15.7 Å². The Labute approximate surface area is 238 Å². The Morgan fingerprint density at radius 2 is 1.87 bits per heavy atom. The molecule has 2 N–H and O–H groups in total. The summed E-state index contributed by atoms with van der Waals surface area (Å²) in [4.78, 5) is 30.0. The number of nitrogens with zero attached hydrogens (tertiary/aromatic N) is 4. The number of thioether (sulfide) groups is 1. The Morgan fingerprint density at radius 1 is 1.08 bits per heavy atom. The number of fused-ring (bicyclic) bond motifs is 1. The first-order chi connectivity index (χ1) is 18.6. The number of hydrogen-bond donors (Lipinski definition) is 2. The van der Waals surface area contributed by atoms with Gasteiger partial charge in [0.25, 0.3) is 5.91 Å². The molecule has 2 amide bonds. The van der Waals surface area contributed by atoms with E-state index in [1.54, 1.807) is 37.3 Å². The van der Waals surface area contributed by atoms with Crippen molar-refractivity contribution < 1.29 is 22.5 Å². The molecular formula is C23H17ClN6O5S4. The van der Waals surface area contributed by atoms with Gasteiger partial charge in [0.05, 0.1) is 25.9 Å². The van der Waals surface area contributed by atoms with Crippen LogP contribution in [0.15, 0.2) is 56.2 Å². The third kappa shape index (κ3) is 6.12. The van der Waals surface area contributed by atoms with Crippen LogP contribution in [0.4, 0.5) is 10.3 Å². The topological polar surface area (TPSA) is 157 Å². The van der Waals surface area contributed by atoms with Crippen LogP contribution in [0.3, 0.4) is 0 Å². The van der Waals surface area contributed by atoms with Crippen LogP contribution in [0.1, 0.15) is 16.1 Å². The fourth-order valence-electron chi connectivity index (χ4n) is 3.43. The Bertz CT molecular complexity index is 1830. The number of carbonyl (C=O) groups is 2. The third-order valence-electron chi connectivity index (χ3n) is 5.21. The molecule has 200 valence electrons. The highest BCUT2D eigenvalue weighted by atomic mass is 35.5. The number of benzene rings is 2. The van der Waals surface area contributed by atoms with Gasteiger partial charge in [-0.05, 0) is 31.2 Å². The number of halogens is 1. The molecule has 0 aliphatic heterocycles. The molecule has 0 atom stereocenters. The molecule has 0 fully saturated rings. The van der Waals surface area contributed by atoms with E-state index in [-0.39, 0.29) is 27.3 Å². The van der Waals surface area contributed by atoms with Crippen LogP contribution in [-0.2, 0) is 14.6 Å². The minimum atomic E-state index is -3.35. The highest BCUT2D eigenvalue weighted by Gasteiger charge is 2.24. The molecular weight excluding hydrogens is 604 g/mol. The van der Waals surface area contributed by atoms with Crippen molar-refractivity contribution in [1.82, 2.24) is 20.3 Å². The van der Waals surface area contributed by atoms with E-state index in [4.69, 9.17) is 16.1 Å². The van der Waals surface area contributed by atoms with E-state index >= 15 is 0 Å². The molecule has 2 aromatic carbocycles. The van der Waals surface area contributed by atoms with Crippen molar-refractivity contribution in [2.24, 2.45) is 0 Å². The summed E-state index contributed by atoms with van der Waals surface area (Å²) in [7, 11) is -3.35. The zero-order chi connectivity index (χ0) is 27.7. The van der Waals surface area contributed by atoms with Crippen LogP contribution in [0.5, 0.6) is 0 Å². The first-order valence-corrected chi connectivity index (χ1v) is 15.9. The zero-order valence-electron chi connectivity index (χ0n) is 20.1. The molecule has 5 aromatic rings.